The van der Waals surface area contributed by atoms with Gasteiger partial charge in [-0.3, -0.25) is 14.5 Å². The summed E-state index contributed by atoms with van der Waals surface area (Å²) in [6.45, 7) is 18.9. The Balaban J connectivity index is 1.74. The first-order chi connectivity index (χ1) is 21.5. The van der Waals surface area contributed by atoms with Gasteiger partial charge >= 0.3 is 5.97 Å². The molecule has 0 spiro atoms. The minimum atomic E-state index is -1.27. The Hall–Kier alpha value is -1.63. The Morgan fingerprint density at radius 1 is 1.22 bits per heavy atom. The highest BCUT2D eigenvalue weighted by atomic mass is 16.7. The van der Waals surface area contributed by atoms with Crippen molar-refractivity contribution in [3.63, 3.8) is 0 Å². The number of rotatable bonds is 11. The minimum absolute atomic E-state index is 0.00838. The second kappa shape index (κ2) is 17.2. The Morgan fingerprint density at radius 2 is 1.93 bits per heavy atom. The van der Waals surface area contributed by atoms with Crippen molar-refractivity contribution in [2.24, 2.45) is 11.8 Å². The van der Waals surface area contributed by atoms with E-state index in [0.29, 0.717) is 18.9 Å². The van der Waals surface area contributed by atoms with Gasteiger partial charge in [-0.15, -0.1) is 0 Å². The zero-order valence-corrected chi connectivity index (χ0v) is 29.5. The molecule has 3 heterocycles. The summed E-state index contributed by atoms with van der Waals surface area (Å²) in [7, 11) is 0. The minimum Gasteiger partial charge on any atom is -0.457 e. The summed E-state index contributed by atoms with van der Waals surface area (Å²) < 4.78 is 11.7. The predicted octanol–water partition coefficient (Wildman–Crippen LogP) is 3.92. The Kier molecular flexibility index (Phi) is 14.5. The number of allylic oxidation sites excluding steroid dienone is 2. The Labute approximate surface area is 277 Å². The van der Waals surface area contributed by atoms with Gasteiger partial charge in [0, 0.05) is 43.9 Å². The summed E-state index contributed by atoms with van der Waals surface area (Å²) in [5.41, 5.74) is -1.62. The molecular formula is C36H62N2O8. The average molecular weight is 651 g/mol. The number of aliphatic hydroxyl groups excluding tert-OH is 2. The van der Waals surface area contributed by atoms with Crippen LogP contribution in [0.3, 0.4) is 0 Å². The molecule has 46 heavy (non-hydrogen) atoms. The fraction of sp³-hybridized carbons (Fsp3) is 0.806. The lowest BCUT2D eigenvalue weighted by atomic mass is 9.89. The van der Waals surface area contributed by atoms with Crippen LogP contribution < -0.4 is 0 Å². The first kappa shape index (κ1) is 38.8. The molecule has 10 unspecified atom stereocenters. The van der Waals surface area contributed by atoms with E-state index < -0.39 is 41.6 Å². The van der Waals surface area contributed by atoms with Crippen molar-refractivity contribution in [2.75, 3.05) is 26.2 Å². The van der Waals surface area contributed by atoms with Gasteiger partial charge in [0.1, 0.15) is 12.2 Å². The molecule has 0 bridgehead atoms. The highest BCUT2D eigenvalue weighted by Gasteiger charge is 2.47. The molecule has 2 fully saturated rings. The summed E-state index contributed by atoms with van der Waals surface area (Å²) >= 11 is 0. The van der Waals surface area contributed by atoms with E-state index in [0.717, 1.165) is 38.2 Å². The highest BCUT2D eigenvalue weighted by molar-refractivity contribution is 5.70. The number of nitrogens with zero attached hydrogens (tertiary/aromatic N) is 2. The van der Waals surface area contributed by atoms with Crippen molar-refractivity contribution < 1.29 is 39.5 Å². The van der Waals surface area contributed by atoms with Crippen molar-refractivity contribution in [2.45, 2.75) is 148 Å². The molecule has 0 radical (unpaired) electrons. The van der Waals surface area contributed by atoms with Crippen LogP contribution in [0.4, 0.5) is 0 Å². The third kappa shape index (κ3) is 11.8. The van der Waals surface area contributed by atoms with Gasteiger partial charge in [0.15, 0.2) is 0 Å². The van der Waals surface area contributed by atoms with Crippen molar-refractivity contribution >= 4 is 5.97 Å². The van der Waals surface area contributed by atoms with Crippen LogP contribution in [0.5, 0.6) is 0 Å². The second-order valence-electron chi connectivity index (χ2n) is 14.7. The number of hydrogen-bond acceptors (Lipinski definition) is 10. The Morgan fingerprint density at radius 3 is 2.61 bits per heavy atom. The summed E-state index contributed by atoms with van der Waals surface area (Å²) in [5, 5.41) is 45.3. The molecule has 3 aliphatic rings. The number of ether oxygens (including phenoxy) is 2. The molecule has 3 aliphatic heterocycles. The van der Waals surface area contributed by atoms with Crippen molar-refractivity contribution in [3.8, 4) is 0 Å². The van der Waals surface area contributed by atoms with Crippen molar-refractivity contribution in [1.82, 2.24) is 9.96 Å². The van der Waals surface area contributed by atoms with E-state index in [2.05, 4.69) is 18.7 Å². The van der Waals surface area contributed by atoms with Gasteiger partial charge in [0.05, 0.1) is 42.0 Å². The van der Waals surface area contributed by atoms with E-state index >= 15 is 0 Å². The third-order valence-electron chi connectivity index (χ3n) is 9.85. The number of aliphatic hydroxyl groups is 4. The number of esters is 1. The van der Waals surface area contributed by atoms with E-state index in [4.69, 9.17) is 14.3 Å². The normalized spacial score (nSPS) is 36.3. The van der Waals surface area contributed by atoms with Crippen LogP contribution in [-0.4, -0.2) is 116 Å². The topological polar surface area (TPSA) is 135 Å². The summed E-state index contributed by atoms with van der Waals surface area (Å²) in [4.78, 5) is 21.7. The summed E-state index contributed by atoms with van der Waals surface area (Å²) in [6.07, 6.45) is 8.62. The third-order valence-corrected chi connectivity index (χ3v) is 9.85. The summed E-state index contributed by atoms with van der Waals surface area (Å²) in [5.74, 6) is -0.761. The molecule has 264 valence electrons. The quantitative estimate of drug-likeness (QED) is 0.113. The number of carbonyl (C=O) groups is 1. The zero-order chi connectivity index (χ0) is 34.2. The van der Waals surface area contributed by atoms with E-state index in [1.807, 2.05) is 51.0 Å². The molecule has 0 aromatic rings. The molecule has 4 N–H and O–H groups in total. The fourth-order valence-electron chi connectivity index (χ4n) is 6.48. The average Bonchev–Trinajstić information content (AvgIpc) is 3.77. The number of epoxide rings is 1. The number of carbonyl (C=O) groups excluding carboxylic acids is 1. The lowest BCUT2D eigenvalue weighted by Crippen LogP contribution is -2.46. The van der Waals surface area contributed by atoms with E-state index in [-0.39, 0.29) is 43.3 Å². The van der Waals surface area contributed by atoms with Crippen LogP contribution in [0.1, 0.15) is 93.9 Å². The van der Waals surface area contributed by atoms with Crippen LogP contribution >= 0.6 is 0 Å². The van der Waals surface area contributed by atoms with Crippen molar-refractivity contribution in [3.05, 3.63) is 36.0 Å². The maximum absolute atomic E-state index is 12.9. The van der Waals surface area contributed by atoms with Gasteiger partial charge < -0.3 is 29.9 Å². The molecule has 0 saturated carbocycles. The fourth-order valence-corrected chi connectivity index (χ4v) is 6.48. The van der Waals surface area contributed by atoms with Gasteiger partial charge in [-0.2, -0.15) is 5.06 Å². The van der Waals surface area contributed by atoms with Crippen LogP contribution in [0, 0.1) is 11.8 Å². The number of cyclic esters (lactones) is 1. The maximum Gasteiger partial charge on any atom is 0.309 e. The summed E-state index contributed by atoms with van der Waals surface area (Å²) in [6, 6.07) is 0.456. The molecule has 0 amide bonds. The standard InChI is InChI=1S/C36H62N2O8/c1-9-29(40)27(6)34-30(44-34)23-35(7,42)16-10-12-25(4)33-26(5)13-14-31(36(8,43)17-15-28(39)22-32(41)45-33)46-38-19-11-18-37(20-21-38)24(2)3/h10,12-14,16,24,26-31,33-34,39-40,42-43H,9,11,15,17-23H2,1-8H3/b14-13+,16-10+,25-12+. The first-order valence-corrected chi connectivity index (χ1v) is 17.4. The number of hydrogen-bond donors (Lipinski definition) is 4. The molecule has 10 nitrogen and oxygen atoms in total. The van der Waals surface area contributed by atoms with Gasteiger partial charge in [0.2, 0.25) is 0 Å². The molecular weight excluding hydrogens is 588 g/mol. The van der Waals surface area contributed by atoms with Crippen LogP contribution in [0.2, 0.25) is 0 Å². The van der Waals surface area contributed by atoms with Gasteiger partial charge in [-0.25, -0.2) is 0 Å². The van der Waals surface area contributed by atoms with E-state index in [1.165, 1.54) is 0 Å². The molecule has 0 aromatic carbocycles. The number of hydroxylamine groups is 2. The molecule has 0 aromatic heterocycles. The maximum atomic E-state index is 12.9. The second-order valence-corrected chi connectivity index (χ2v) is 14.7. The van der Waals surface area contributed by atoms with Gasteiger partial charge in [-0.1, -0.05) is 51.2 Å². The predicted molar refractivity (Wildman–Crippen MR) is 179 cm³/mol. The van der Waals surface area contributed by atoms with Crippen LogP contribution in [0.25, 0.3) is 0 Å². The molecule has 0 aliphatic carbocycles. The van der Waals surface area contributed by atoms with Crippen LogP contribution in [-0.2, 0) is 19.1 Å². The smallest absolute Gasteiger partial charge is 0.309 e. The van der Waals surface area contributed by atoms with Gasteiger partial charge in [-0.05, 0) is 72.4 Å². The molecule has 10 heteroatoms. The van der Waals surface area contributed by atoms with Crippen LogP contribution in [0.15, 0.2) is 36.0 Å². The zero-order valence-electron chi connectivity index (χ0n) is 29.5. The van der Waals surface area contributed by atoms with Crippen molar-refractivity contribution in [1.29, 1.82) is 0 Å². The van der Waals surface area contributed by atoms with E-state index in [9.17, 15) is 25.2 Å². The van der Waals surface area contributed by atoms with Gasteiger partial charge in [0.25, 0.3) is 0 Å². The largest absolute Gasteiger partial charge is 0.457 e. The lowest BCUT2D eigenvalue weighted by Gasteiger charge is -2.36. The SMILES string of the molecule is CCC(O)C(C)C1OC1CC(C)(O)/C=C/C=C(\C)C1OC(=O)CC(O)CCC(C)(O)C(ON2CCCN(C(C)C)CC2)/C=C/C1C. The molecule has 2 saturated heterocycles. The lowest BCUT2D eigenvalue weighted by molar-refractivity contribution is -0.228. The monoisotopic (exact) mass is 650 g/mol. The highest BCUT2D eigenvalue weighted by Crippen LogP contribution is 2.37. The Bertz CT molecular complexity index is 1060. The van der Waals surface area contributed by atoms with E-state index in [1.54, 1.807) is 26.0 Å². The molecule has 10 atom stereocenters. The molecule has 3 rings (SSSR count). The first-order valence-electron chi connectivity index (χ1n) is 17.4.